The van der Waals surface area contributed by atoms with Crippen molar-refractivity contribution in [3.63, 3.8) is 0 Å². The van der Waals surface area contributed by atoms with Crippen LogP contribution in [0.2, 0.25) is 0 Å². The van der Waals surface area contributed by atoms with Crippen LogP contribution in [0.3, 0.4) is 0 Å². The molecule has 0 aromatic carbocycles. The van der Waals surface area contributed by atoms with Crippen LogP contribution in [0.15, 0.2) is 4.52 Å². The molecule has 4 heteroatoms. The largest absolute Gasteiger partial charge is 0.338 e. The van der Waals surface area contributed by atoms with E-state index in [2.05, 4.69) is 15.5 Å². The molecule has 0 spiro atoms. The molecule has 106 valence electrons. The lowest BCUT2D eigenvalue weighted by Crippen LogP contribution is -2.25. The second-order valence-electron chi connectivity index (χ2n) is 6.10. The van der Waals surface area contributed by atoms with Crippen LogP contribution in [0.1, 0.15) is 81.8 Å². The third kappa shape index (κ3) is 3.56. The lowest BCUT2D eigenvalue weighted by molar-refractivity contribution is 0.349. The Morgan fingerprint density at radius 2 is 1.63 bits per heavy atom. The van der Waals surface area contributed by atoms with E-state index in [1.807, 2.05) is 0 Å². The van der Waals surface area contributed by atoms with Crippen molar-refractivity contribution in [2.45, 2.75) is 82.7 Å². The zero-order valence-electron chi connectivity index (χ0n) is 11.7. The highest BCUT2D eigenvalue weighted by atomic mass is 16.5. The fourth-order valence-corrected chi connectivity index (χ4v) is 3.40. The minimum Gasteiger partial charge on any atom is -0.338 e. The summed E-state index contributed by atoms with van der Waals surface area (Å²) in [5.41, 5.74) is 0. The molecule has 0 bridgehead atoms. The van der Waals surface area contributed by atoms with Gasteiger partial charge in [0.05, 0.1) is 6.54 Å². The van der Waals surface area contributed by atoms with Gasteiger partial charge in [-0.2, -0.15) is 4.98 Å². The zero-order chi connectivity index (χ0) is 12.9. The second kappa shape index (κ2) is 6.51. The topological polar surface area (TPSA) is 51.0 Å². The highest BCUT2D eigenvalue weighted by Gasteiger charge is 2.20. The van der Waals surface area contributed by atoms with Gasteiger partial charge in [-0.15, -0.1) is 0 Å². The Balaban J connectivity index is 1.52. The maximum Gasteiger partial charge on any atom is 0.240 e. The van der Waals surface area contributed by atoms with Gasteiger partial charge in [-0.25, -0.2) is 0 Å². The lowest BCUT2D eigenvalue weighted by Gasteiger charge is -2.09. The average Bonchev–Trinajstić information content (AvgIpc) is 3.03. The van der Waals surface area contributed by atoms with E-state index in [-0.39, 0.29) is 0 Å². The van der Waals surface area contributed by atoms with Crippen molar-refractivity contribution >= 4 is 0 Å². The summed E-state index contributed by atoms with van der Waals surface area (Å²) in [4.78, 5) is 4.60. The van der Waals surface area contributed by atoms with E-state index in [0.29, 0.717) is 12.0 Å². The number of aromatic nitrogens is 2. The first kappa shape index (κ1) is 13.1. The Morgan fingerprint density at radius 1 is 0.947 bits per heavy atom. The number of hydrogen-bond acceptors (Lipinski definition) is 4. The summed E-state index contributed by atoms with van der Waals surface area (Å²) in [6.07, 6.45) is 13.1. The molecule has 0 amide bonds. The quantitative estimate of drug-likeness (QED) is 0.844. The van der Waals surface area contributed by atoms with E-state index in [9.17, 15) is 0 Å². The van der Waals surface area contributed by atoms with Crippen molar-refractivity contribution in [1.29, 1.82) is 0 Å². The molecule has 1 heterocycles. The summed E-state index contributed by atoms with van der Waals surface area (Å²) < 4.78 is 5.39. The van der Waals surface area contributed by atoms with Gasteiger partial charge in [0.2, 0.25) is 5.89 Å². The molecule has 19 heavy (non-hydrogen) atoms. The van der Waals surface area contributed by atoms with Crippen LogP contribution in [0.25, 0.3) is 0 Å². The van der Waals surface area contributed by atoms with Gasteiger partial charge < -0.3 is 9.84 Å². The van der Waals surface area contributed by atoms with E-state index >= 15 is 0 Å². The Bertz CT molecular complexity index is 376. The number of rotatable bonds is 4. The van der Waals surface area contributed by atoms with E-state index in [1.165, 1.54) is 64.2 Å². The van der Waals surface area contributed by atoms with Crippen LogP contribution < -0.4 is 5.32 Å². The van der Waals surface area contributed by atoms with Crippen molar-refractivity contribution < 1.29 is 4.52 Å². The molecule has 4 nitrogen and oxygen atoms in total. The van der Waals surface area contributed by atoms with E-state index in [4.69, 9.17) is 4.52 Å². The Kier molecular flexibility index (Phi) is 4.49. The number of hydrogen-bond donors (Lipinski definition) is 1. The first-order chi connectivity index (χ1) is 9.42. The van der Waals surface area contributed by atoms with Gasteiger partial charge in [-0.05, 0) is 25.7 Å². The van der Waals surface area contributed by atoms with Crippen LogP contribution in [0.4, 0.5) is 0 Å². The Labute approximate surface area is 115 Å². The molecule has 1 aromatic rings. The van der Waals surface area contributed by atoms with Crippen molar-refractivity contribution in [3.05, 3.63) is 11.7 Å². The van der Waals surface area contributed by atoms with Crippen LogP contribution in [0.5, 0.6) is 0 Å². The first-order valence-corrected chi connectivity index (χ1v) is 7.97. The molecule has 0 radical (unpaired) electrons. The molecule has 0 saturated heterocycles. The monoisotopic (exact) mass is 263 g/mol. The molecule has 3 rings (SSSR count). The molecule has 1 aromatic heterocycles. The maximum absolute atomic E-state index is 5.39. The standard InChI is InChI=1S/C15H25N3O/c1-2-4-8-12(7-3-1)15-17-14(19-18-15)11-16-13-9-5-6-10-13/h12-13,16H,1-11H2. The van der Waals surface area contributed by atoms with E-state index in [0.717, 1.165) is 18.3 Å². The van der Waals surface area contributed by atoms with Crippen molar-refractivity contribution in [1.82, 2.24) is 15.5 Å². The van der Waals surface area contributed by atoms with Crippen LogP contribution in [-0.4, -0.2) is 16.2 Å². The SMILES string of the molecule is C1CCCC(c2noc(CNC3CCCC3)n2)CC1. The molecule has 0 atom stereocenters. The number of nitrogens with zero attached hydrogens (tertiary/aromatic N) is 2. The van der Waals surface area contributed by atoms with Crippen LogP contribution in [0, 0.1) is 0 Å². The van der Waals surface area contributed by atoms with Gasteiger partial charge in [0.1, 0.15) is 0 Å². The van der Waals surface area contributed by atoms with Crippen LogP contribution in [-0.2, 0) is 6.54 Å². The molecule has 1 N–H and O–H groups in total. The molecule has 0 unspecified atom stereocenters. The van der Waals surface area contributed by atoms with Gasteiger partial charge in [0.15, 0.2) is 5.82 Å². The maximum atomic E-state index is 5.39. The third-order valence-electron chi connectivity index (χ3n) is 4.60. The van der Waals surface area contributed by atoms with Gasteiger partial charge in [-0.1, -0.05) is 43.7 Å². The predicted octanol–water partition coefficient (Wildman–Crippen LogP) is 3.54. The Morgan fingerprint density at radius 3 is 2.37 bits per heavy atom. The average molecular weight is 263 g/mol. The van der Waals surface area contributed by atoms with Crippen molar-refractivity contribution in [2.75, 3.05) is 0 Å². The fourth-order valence-electron chi connectivity index (χ4n) is 3.40. The highest BCUT2D eigenvalue weighted by molar-refractivity contribution is 4.96. The third-order valence-corrected chi connectivity index (χ3v) is 4.60. The highest BCUT2D eigenvalue weighted by Crippen LogP contribution is 2.29. The zero-order valence-corrected chi connectivity index (χ0v) is 11.7. The summed E-state index contributed by atoms with van der Waals surface area (Å²) in [5, 5.41) is 7.73. The van der Waals surface area contributed by atoms with Gasteiger partial charge >= 0.3 is 0 Å². The second-order valence-corrected chi connectivity index (χ2v) is 6.10. The molecular weight excluding hydrogens is 238 g/mol. The summed E-state index contributed by atoms with van der Waals surface area (Å²) in [6, 6.07) is 0.660. The van der Waals surface area contributed by atoms with Gasteiger partial charge in [0, 0.05) is 12.0 Å². The van der Waals surface area contributed by atoms with Crippen LogP contribution >= 0.6 is 0 Å². The van der Waals surface area contributed by atoms with Crippen molar-refractivity contribution in [2.24, 2.45) is 0 Å². The first-order valence-electron chi connectivity index (χ1n) is 7.97. The smallest absolute Gasteiger partial charge is 0.240 e. The van der Waals surface area contributed by atoms with Gasteiger partial charge in [0.25, 0.3) is 0 Å². The lowest BCUT2D eigenvalue weighted by atomic mass is 10.00. The normalized spacial score (nSPS) is 22.7. The minimum atomic E-state index is 0.534. The van der Waals surface area contributed by atoms with Crippen molar-refractivity contribution in [3.8, 4) is 0 Å². The van der Waals surface area contributed by atoms with E-state index < -0.39 is 0 Å². The van der Waals surface area contributed by atoms with Gasteiger partial charge in [-0.3, -0.25) is 0 Å². The number of nitrogens with one attached hydrogen (secondary N) is 1. The summed E-state index contributed by atoms with van der Waals surface area (Å²) >= 11 is 0. The minimum absolute atomic E-state index is 0.534. The molecule has 2 aliphatic carbocycles. The molecule has 0 aliphatic heterocycles. The Hall–Kier alpha value is -0.900. The van der Waals surface area contributed by atoms with E-state index in [1.54, 1.807) is 0 Å². The summed E-state index contributed by atoms with van der Waals surface area (Å²) in [5.74, 6) is 2.25. The summed E-state index contributed by atoms with van der Waals surface area (Å²) in [7, 11) is 0. The molecule has 2 aliphatic rings. The predicted molar refractivity (Wildman–Crippen MR) is 73.8 cm³/mol. The fraction of sp³-hybridized carbons (Fsp3) is 0.867. The summed E-state index contributed by atoms with van der Waals surface area (Å²) in [6.45, 7) is 0.740. The molecule has 2 fully saturated rings. The molecular formula is C15H25N3O. The molecule has 2 saturated carbocycles.